The van der Waals surface area contributed by atoms with Crippen molar-refractivity contribution in [2.24, 2.45) is 11.8 Å². The predicted molar refractivity (Wildman–Crippen MR) is 77.7 cm³/mol. The second-order valence-corrected chi connectivity index (χ2v) is 6.23. The predicted octanol–water partition coefficient (Wildman–Crippen LogP) is 2.42. The van der Waals surface area contributed by atoms with E-state index in [0.717, 1.165) is 30.6 Å². The molecule has 19 heavy (non-hydrogen) atoms. The Hall–Kier alpha value is -0.930. The third-order valence-electron chi connectivity index (χ3n) is 4.03. The number of hydrogen-bond donors (Lipinski definition) is 1. The first-order valence-electron chi connectivity index (χ1n) is 7.65. The molecule has 1 aromatic rings. The van der Waals surface area contributed by atoms with Crippen LogP contribution in [-0.4, -0.2) is 30.0 Å². The summed E-state index contributed by atoms with van der Waals surface area (Å²) < 4.78 is 0. The zero-order chi connectivity index (χ0) is 13.1. The normalized spacial score (nSPS) is 19.1. The van der Waals surface area contributed by atoms with Crippen molar-refractivity contribution in [3.05, 3.63) is 29.6 Å². The SMILES string of the molecule is CNCc1cccc(CN(CC2CC2)CC2CC2)n1. The van der Waals surface area contributed by atoms with Gasteiger partial charge in [0.2, 0.25) is 0 Å². The molecule has 1 heterocycles. The molecule has 104 valence electrons. The van der Waals surface area contributed by atoms with E-state index in [1.807, 2.05) is 7.05 Å². The van der Waals surface area contributed by atoms with Crippen LogP contribution >= 0.6 is 0 Å². The van der Waals surface area contributed by atoms with Crippen LogP contribution in [0.5, 0.6) is 0 Å². The van der Waals surface area contributed by atoms with Crippen LogP contribution in [0.2, 0.25) is 0 Å². The Morgan fingerprint density at radius 3 is 2.32 bits per heavy atom. The molecule has 2 aliphatic carbocycles. The van der Waals surface area contributed by atoms with Crippen LogP contribution < -0.4 is 5.32 Å². The highest BCUT2D eigenvalue weighted by Crippen LogP contribution is 2.34. The average molecular weight is 259 g/mol. The second-order valence-electron chi connectivity index (χ2n) is 6.23. The van der Waals surface area contributed by atoms with Gasteiger partial charge in [0.1, 0.15) is 0 Å². The Balaban J connectivity index is 1.60. The van der Waals surface area contributed by atoms with Crippen molar-refractivity contribution < 1.29 is 0 Å². The van der Waals surface area contributed by atoms with Gasteiger partial charge in [0.05, 0.1) is 11.4 Å². The van der Waals surface area contributed by atoms with Gasteiger partial charge in [0, 0.05) is 26.2 Å². The third-order valence-corrected chi connectivity index (χ3v) is 4.03. The molecule has 0 saturated heterocycles. The molecular formula is C16H25N3. The van der Waals surface area contributed by atoms with E-state index >= 15 is 0 Å². The van der Waals surface area contributed by atoms with Crippen molar-refractivity contribution in [3.8, 4) is 0 Å². The largest absolute Gasteiger partial charge is 0.314 e. The summed E-state index contributed by atoms with van der Waals surface area (Å²) in [5, 5.41) is 3.17. The van der Waals surface area contributed by atoms with Crippen molar-refractivity contribution in [2.75, 3.05) is 20.1 Å². The molecule has 2 saturated carbocycles. The van der Waals surface area contributed by atoms with Gasteiger partial charge in [0.25, 0.3) is 0 Å². The van der Waals surface area contributed by atoms with Gasteiger partial charge in [-0.1, -0.05) is 6.07 Å². The fourth-order valence-corrected chi connectivity index (χ4v) is 2.66. The zero-order valence-electron chi connectivity index (χ0n) is 11.9. The molecule has 3 nitrogen and oxygen atoms in total. The summed E-state index contributed by atoms with van der Waals surface area (Å²) in [4.78, 5) is 7.39. The number of hydrogen-bond acceptors (Lipinski definition) is 3. The first kappa shape index (κ1) is 13.1. The average Bonchev–Trinajstić information content (AvgIpc) is 3.26. The fraction of sp³-hybridized carbons (Fsp3) is 0.688. The van der Waals surface area contributed by atoms with Gasteiger partial charge < -0.3 is 5.32 Å². The van der Waals surface area contributed by atoms with Crippen molar-refractivity contribution in [2.45, 2.75) is 38.8 Å². The van der Waals surface area contributed by atoms with Crippen LogP contribution in [0, 0.1) is 11.8 Å². The van der Waals surface area contributed by atoms with E-state index in [1.165, 1.54) is 44.5 Å². The maximum Gasteiger partial charge on any atom is 0.0547 e. The Labute approximate surface area is 116 Å². The standard InChI is InChI=1S/C16H25N3/c1-17-9-15-3-2-4-16(18-15)12-19(10-13-5-6-13)11-14-7-8-14/h2-4,13-14,17H,5-12H2,1H3. The molecule has 3 rings (SSSR count). The Morgan fingerprint density at radius 1 is 1.11 bits per heavy atom. The quantitative estimate of drug-likeness (QED) is 0.777. The van der Waals surface area contributed by atoms with E-state index in [1.54, 1.807) is 0 Å². The number of nitrogens with one attached hydrogen (secondary N) is 1. The third kappa shape index (κ3) is 4.29. The van der Waals surface area contributed by atoms with Crippen LogP contribution in [0.15, 0.2) is 18.2 Å². The van der Waals surface area contributed by atoms with Gasteiger partial charge in [-0.3, -0.25) is 9.88 Å². The maximum absolute atomic E-state index is 4.75. The van der Waals surface area contributed by atoms with Crippen molar-refractivity contribution >= 4 is 0 Å². The molecule has 1 aromatic heterocycles. The van der Waals surface area contributed by atoms with Crippen molar-refractivity contribution in [1.29, 1.82) is 0 Å². The molecule has 0 radical (unpaired) electrons. The zero-order valence-corrected chi connectivity index (χ0v) is 11.9. The minimum atomic E-state index is 0.860. The minimum Gasteiger partial charge on any atom is -0.314 e. The van der Waals surface area contributed by atoms with Gasteiger partial charge in [-0.15, -0.1) is 0 Å². The van der Waals surface area contributed by atoms with Gasteiger partial charge in [0.15, 0.2) is 0 Å². The van der Waals surface area contributed by atoms with E-state index in [0.29, 0.717) is 0 Å². The van der Waals surface area contributed by atoms with Crippen molar-refractivity contribution in [1.82, 2.24) is 15.2 Å². The van der Waals surface area contributed by atoms with E-state index < -0.39 is 0 Å². The Kier molecular flexibility index (Phi) is 4.14. The topological polar surface area (TPSA) is 28.2 Å². The molecule has 0 bridgehead atoms. The first-order valence-corrected chi connectivity index (χ1v) is 7.65. The second kappa shape index (κ2) is 6.02. The molecule has 0 amide bonds. The van der Waals surface area contributed by atoms with Gasteiger partial charge in [-0.25, -0.2) is 0 Å². The summed E-state index contributed by atoms with van der Waals surface area (Å²) >= 11 is 0. The highest BCUT2D eigenvalue weighted by atomic mass is 15.1. The van der Waals surface area contributed by atoms with E-state index in [4.69, 9.17) is 4.98 Å². The molecule has 3 heteroatoms. The molecule has 0 aromatic carbocycles. The van der Waals surface area contributed by atoms with E-state index in [2.05, 4.69) is 28.4 Å². The fourth-order valence-electron chi connectivity index (χ4n) is 2.66. The minimum absolute atomic E-state index is 0.860. The molecule has 0 spiro atoms. The molecular weight excluding hydrogens is 234 g/mol. The van der Waals surface area contributed by atoms with Gasteiger partial charge in [-0.05, 0) is 56.7 Å². The summed E-state index contributed by atoms with van der Waals surface area (Å²) in [6.07, 6.45) is 5.76. The summed E-state index contributed by atoms with van der Waals surface area (Å²) in [7, 11) is 1.97. The van der Waals surface area contributed by atoms with Gasteiger partial charge >= 0.3 is 0 Å². The summed E-state index contributed by atoms with van der Waals surface area (Å²) in [5.74, 6) is 1.94. The van der Waals surface area contributed by atoms with Crippen molar-refractivity contribution in [3.63, 3.8) is 0 Å². The van der Waals surface area contributed by atoms with Crippen LogP contribution in [0.25, 0.3) is 0 Å². The van der Waals surface area contributed by atoms with Crippen LogP contribution in [0.4, 0.5) is 0 Å². The first-order chi connectivity index (χ1) is 9.33. The maximum atomic E-state index is 4.75. The summed E-state index contributed by atoms with van der Waals surface area (Å²) in [6, 6.07) is 6.42. The smallest absolute Gasteiger partial charge is 0.0547 e. The molecule has 2 fully saturated rings. The highest BCUT2D eigenvalue weighted by molar-refractivity contribution is 5.11. The highest BCUT2D eigenvalue weighted by Gasteiger charge is 2.29. The number of pyridine rings is 1. The lowest BCUT2D eigenvalue weighted by molar-refractivity contribution is 0.241. The number of nitrogens with zero attached hydrogens (tertiary/aromatic N) is 2. The molecule has 2 aliphatic rings. The van der Waals surface area contributed by atoms with E-state index in [9.17, 15) is 0 Å². The summed E-state index contributed by atoms with van der Waals surface area (Å²) in [6.45, 7) is 4.46. The van der Waals surface area contributed by atoms with Crippen LogP contribution in [0.1, 0.15) is 37.1 Å². The molecule has 0 unspecified atom stereocenters. The number of rotatable bonds is 8. The van der Waals surface area contributed by atoms with E-state index in [-0.39, 0.29) is 0 Å². The lowest BCUT2D eigenvalue weighted by atomic mass is 10.2. The molecule has 0 aliphatic heterocycles. The molecule has 0 atom stereocenters. The Bertz CT molecular complexity index is 396. The van der Waals surface area contributed by atoms with Crippen LogP contribution in [-0.2, 0) is 13.1 Å². The van der Waals surface area contributed by atoms with Gasteiger partial charge in [-0.2, -0.15) is 0 Å². The Morgan fingerprint density at radius 2 is 1.74 bits per heavy atom. The monoisotopic (exact) mass is 259 g/mol. The lowest BCUT2D eigenvalue weighted by Crippen LogP contribution is -2.28. The number of aromatic nitrogens is 1. The lowest BCUT2D eigenvalue weighted by Gasteiger charge is -2.22. The van der Waals surface area contributed by atoms with Crippen LogP contribution in [0.3, 0.4) is 0 Å². The molecule has 1 N–H and O–H groups in total. The summed E-state index contributed by atoms with van der Waals surface area (Å²) in [5.41, 5.74) is 2.38.